The molecule has 1 aromatic rings. The topological polar surface area (TPSA) is 92.5 Å². The molecule has 0 bridgehead atoms. The Bertz CT molecular complexity index is 587. The Hall–Kier alpha value is -1.60. The van der Waals surface area contributed by atoms with Gasteiger partial charge in [0, 0.05) is 18.8 Å². The van der Waals surface area contributed by atoms with E-state index >= 15 is 0 Å². The molecular formula is C13H19N3O3S. The molecule has 0 spiro atoms. The van der Waals surface area contributed by atoms with Gasteiger partial charge in [0.25, 0.3) is 0 Å². The molecule has 0 aromatic heterocycles. The van der Waals surface area contributed by atoms with Crippen molar-refractivity contribution in [1.82, 2.24) is 9.62 Å². The number of hydrogen-bond donors (Lipinski definition) is 2. The summed E-state index contributed by atoms with van der Waals surface area (Å²) >= 11 is 0. The number of carbonyl (C=O) groups is 1. The van der Waals surface area contributed by atoms with Gasteiger partial charge in [0.05, 0.1) is 11.4 Å². The fourth-order valence-corrected chi connectivity index (χ4v) is 3.36. The van der Waals surface area contributed by atoms with E-state index in [1.54, 1.807) is 17.9 Å². The summed E-state index contributed by atoms with van der Waals surface area (Å²) in [6, 6.07) is 4.60. The van der Waals surface area contributed by atoms with Crippen LogP contribution in [0.25, 0.3) is 0 Å². The number of nitrogens with two attached hydrogens (primary N) is 1. The minimum atomic E-state index is -3.71. The zero-order valence-electron chi connectivity index (χ0n) is 11.4. The molecule has 1 heterocycles. The summed E-state index contributed by atoms with van der Waals surface area (Å²) in [5.41, 5.74) is 6.79. The summed E-state index contributed by atoms with van der Waals surface area (Å²) in [4.78, 5) is 13.6. The Morgan fingerprint density at radius 2 is 1.95 bits per heavy atom. The second-order valence-electron chi connectivity index (χ2n) is 4.99. The highest BCUT2D eigenvalue weighted by atomic mass is 32.2. The summed E-state index contributed by atoms with van der Waals surface area (Å²) in [6.45, 7) is 2.97. The van der Waals surface area contributed by atoms with Crippen LogP contribution in [0.15, 0.2) is 23.1 Å². The van der Waals surface area contributed by atoms with Crippen molar-refractivity contribution in [1.29, 1.82) is 0 Å². The quantitative estimate of drug-likeness (QED) is 0.791. The second-order valence-corrected chi connectivity index (χ2v) is 6.76. The number of nitrogens with one attached hydrogen (secondary N) is 1. The van der Waals surface area contributed by atoms with E-state index in [1.165, 1.54) is 12.1 Å². The number of benzene rings is 1. The number of anilines is 1. The Balaban J connectivity index is 2.05. The molecule has 20 heavy (non-hydrogen) atoms. The van der Waals surface area contributed by atoms with E-state index in [0.717, 1.165) is 18.4 Å². The number of nitrogen functional groups attached to an aromatic ring is 1. The number of nitrogens with zero attached hydrogens (tertiary/aromatic N) is 1. The standard InChI is InChI=1S/C13H19N3O3S/c1-10-6-11(14)8-12(7-10)20(18,19)15-9-13(17)16-4-2-3-5-16/h6-8,15H,2-5,9,14H2,1H3. The van der Waals surface area contributed by atoms with E-state index in [4.69, 9.17) is 5.73 Å². The van der Waals surface area contributed by atoms with Gasteiger partial charge in [-0.05, 0) is 43.5 Å². The van der Waals surface area contributed by atoms with E-state index in [9.17, 15) is 13.2 Å². The van der Waals surface area contributed by atoms with E-state index in [2.05, 4.69) is 4.72 Å². The van der Waals surface area contributed by atoms with Crippen LogP contribution in [-0.4, -0.2) is 38.9 Å². The zero-order valence-corrected chi connectivity index (χ0v) is 12.2. The minimum Gasteiger partial charge on any atom is -0.399 e. The monoisotopic (exact) mass is 297 g/mol. The van der Waals surface area contributed by atoms with Gasteiger partial charge in [0.1, 0.15) is 0 Å². The van der Waals surface area contributed by atoms with E-state index in [1.807, 2.05) is 0 Å². The smallest absolute Gasteiger partial charge is 0.241 e. The van der Waals surface area contributed by atoms with Crippen LogP contribution >= 0.6 is 0 Å². The molecule has 7 heteroatoms. The molecule has 110 valence electrons. The van der Waals surface area contributed by atoms with Crippen molar-refractivity contribution in [3.05, 3.63) is 23.8 Å². The molecule has 1 aromatic carbocycles. The summed E-state index contributed by atoms with van der Waals surface area (Å²) in [5.74, 6) is -0.188. The van der Waals surface area contributed by atoms with E-state index < -0.39 is 10.0 Å². The SMILES string of the molecule is Cc1cc(N)cc(S(=O)(=O)NCC(=O)N2CCCC2)c1. The van der Waals surface area contributed by atoms with E-state index in [-0.39, 0.29) is 17.3 Å². The molecule has 1 amide bonds. The summed E-state index contributed by atoms with van der Waals surface area (Å²) in [5, 5.41) is 0. The lowest BCUT2D eigenvalue weighted by Gasteiger charge is -2.15. The number of aryl methyl sites for hydroxylation is 1. The third-order valence-corrected chi connectivity index (χ3v) is 4.64. The number of amides is 1. The molecule has 2 rings (SSSR count). The molecular weight excluding hydrogens is 278 g/mol. The van der Waals surface area contributed by atoms with Crippen molar-refractivity contribution in [2.45, 2.75) is 24.7 Å². The largest absolute Gasteiger partial charge is 0.399 e. The summed E-state index contributed by atoms with van der Waals surface area (Å²) in [6.07, 6.45) is 1.96. The van der Waals surface area contributed by atoms with Crippen LogP contribution in [0.2, 0.25) is 0 Å². The lowest BCUT2D eigenvalue weighted by Crippen LogP contribution is -2.38. The van der Waals surface area contributed by atoms with Gasteiger partial charge in [-0.2, -0.15) is 0 Å². The molecule has 6 nitrogen and oxygen atoms in total. The molecule has 0 saturated carbocycles. The van der Waals surface area contributed by atoms with Crippen molar-refractivity contribution < 1.29 is 13.2 Å². The van der Waals surface area contributed by atoms with Gasteiger partial charge in [-0.25, -0.2) is 13.1 Å². The molecule has 3 N–H and O–H groups in total. The first-order valence-corrected chi connectivity index (χ1v) is 8.01. The molecule has 0 aliphatic carbocycles. The third-order valence-electron chi connectivity index (χ3n) is 3.26. The maximum absolute atomic E-state index is 12.1. The highest BCUT2D eigenvalue weighted by molar-refractivity contribution is 7.89. The molecule has 0 unspecified atom stereocenters. The van der Waals surface area contributed by atoms with Crippen LogP contribution in [0, 0.1) is 6.92 Å². The van der Waals surface area contributed by atoms with Crippen LogP contribution in [0.4, 0.5) is 5.69 Å². The molecule has 1 saturated heterocycles. The van der Waals surface area contributed by atoms with Crippen molar-refractivity contribution >= 4 is 21.6 Å². The van der Waals surface area contributed by atoms with Gasteiger partial charge in [-0.1, -0.05) is 0 Å². The predicted molar refractivity (Wildman–Crippen MR) is 76.6 cm³/mol. The number of carbonyl (C=O) groups excluding carboxylic acids is 1. The normalized spacial score (nSPS) is 15.6. The van der Waals surface area contributed by atoms with Crippen LogP contribution in [0.5, 0.6) is 0 Å². The molecule has 1 aliphatic heterocycles. The fourth-order valence-electron chi connectivity index (χ4n) is 2.25. The molecule has 1 aliphatic rings. The van der Waals surface area contributed by atoms with Crippen LogP contribution < -0.4 is 10.5 Å². The van der Waals surface area contributed by atoms with Crippen LogP contribution in [0.1, 0.15) is 18.4 Å². The predicted octanol–water partition coefficient (Wildman–Crippen LogP) is 0.478. The average Bonchev–Trinajstić information content (AvgIpc) is 2.88. The maximum Gasteiger partial charge on any atom is 0.241 e. The number of sulfonamides is 1. The van der Waals surface area contributed by atoms with Gasteiger partial charge >= 0.3 is 0 Å². The van der Waals surface area contributed by atoms with Gasteiger partial charge in [-0.15, -0.1) is 0 Å². The second kappa shape index (κ2) is 5.80. The lowest BCUT2D eigenvalue weighted by molar-refractivity contribution is -0.128. The molecule has 1 fully saturated rings. The van der Waals surface area contributed by atoms with Crippen molar-refractivity contribution in [2.24, 2.45) is 0 Å². The third kappa shape index (κ3) is 3.49. The number of likely N-dealkylation sites (tertiary alicyclic amines) is 1. The first-order chi connectivity index (χ1) is 9.38. The summed E-state index contributed by atoms with van der Waals surface area (Å²) in [7, 11) is -3.71. The number of hydrogen-bond acceptors (Lipinski definition) is 4. The van der Waals surface area contributed by atoms with E-state index in [0.29, 0.717) is 18.8 Å². The Morgan fingerprint density at radius 3 is 2.55 bits per heavy atom. The first-order valence-electron chi connectivity index (χ1n) is 6.53. The van der Waals surface area contributed by atoms with Crippen LogP contribution in [-0.2, 0) is 14.8 Å². The maximum atomic E-state index is 12.1. The highest BCUT2D eigenvalue weighted by Crippen LogP contribution is 2.16. The van der Waals surface area contributed by atoms with Crippen molar-refractivity contribution in [2.75, 3.05) is 25.4 Å². The van der Waals surface area contributed by atoms with Crippen LogP contribution in [0.3, 0.4) is 0 Å². The van der Waals surface area contributed by atoms with Gasteiger partial charge < -0.3 is 10.6 Å². The van der Waals surface area contributed by atoms with Crippen molar-refractivity contribution in [3.63, 3.8) is 0 Å². The Kier molecular flexibility index (Phi) is 4.29. The average molecular weight is 297 g/mol. The lowest BCUT2D eigenvalue weighted by atomic mass is 10.2. The van der Waals surface area contributed by atoms with Gasteiger partial charge in [-0.3, -0.25) is 4.79 Å². The Labute approximate surface area is 119 Å². The van der Waals surface area contributed by atoms with Gasteiger partial charge in [0.15, 0.2) is 0 Å². The fraction of sp³-hybridized carbons (Fsp3) is 0.462. The Morgan fingerprint density at radius 1 is 1.30 bits per heavy atom. The first kappa shape index (κ1) is 14.8. The van der Waals surface area contributed by atoms with Gasteiger partial charge in [0.2, 0.25) is 15.9 Å². The number of rotatable bonds is 4. The summed E-state index contributed by atoms with van der Waals surface area (Å²) < 4.78 is 26.6. The molecule has 0 atom stereocenters. The van der Waals surface area contributed by atoms with Crippen molar-refractivity contribution in [3.8, 4) is 0 Å². The molecule has 0 radical (unpaired) electrons. The minimum absolute atomic E-state index is 0.0872. The highest BCUT2D eigenvalue weighted by Gasteiger charge is 2.21. The zero-order chi connectivity index (χ0) is 14.8.